The largest absolute Gasteiger partial charge is 0.481 e. The molecule has 0 aliphatic carbocycles. The van der Waals surface area contributed by atoms with E-state index < -0.39 is 0 Å². The van der Waals surface area contributed by atoms with E-state index in [0.717, 1.165) is 34.5 Å². The number of pyridine rings is 2. The second kappa shape index (κ2) is 8.80. The van der Waals surface area contributed by atoms with Crippen LogP contribution < -0.4 is 15.4 Å². The van der Waals surface area contributed by atoms with Crippen molar-refractivity contribution >= 4 is 11.6 Å². The third kappa shape index (κ3) is 4.03. The van der Waals surface area contributed by atoms with Crippen LogP contribution in [0.25, 0.3) is 11.3 Å². The zero-order chi connectivity index (χ0) is 22.9. The molecule has 10 nitrogen and oxygen atoms in total. The summed E-state index contributed by atoms with van der Waals surface area (Å²) in [6.45, 7) is 5.41. The number of amides is 1. The van der Waals surface area contributed by atoms with Gasteiger partial charge in [0.1, 0.15) is 18.1 Å². The number of hydrogen-bond donors (Lipinski definition) is 2. The molecule has 5 rings (SSSR count). The number of carbonyl (C=O) groups excluding carboxylic acids is 1. The van der Waals surface area contributed by atoms with Gasteiger partial charge >= 0.3 is 0 Å². The van der Waals surface area contributed by atoms with Crippen LogP contribution in [0.1, 0.15) is 39.8 Å². The van der Waals surface area contributed by atoms with Gasteiger partial charge in [0, 0.05) is 47.9 Å². The average Bonchev–Trinajstić information content (AvgIpc) is 3.47. The number of aryl methyl sites for hydroxylation is 2. The summed E-state index contributed by atoms with van der Waals surface area (Å²) in [5, 5.41) is 10.6. The van der Waals surface area contributed by atoms with Crippen molar-refractivity contribution in [2.75, 3.05) is 32.2 Å². The van der Waals surface area contributed by atoms with Crippen LogP contribution in [0.5, 0.6) is 5.88 Å². The van der Waals surface area contributed by atoms with Crippen molar-refractivity contribution in [2.24, 2.45) is 0 Å². The lowest BCUT2D eigenvalue weighted by molar-refractivity contribution is -0.0261. The summed E-state index contributed by atoms with van der Waals surface area (Å²) < 4.78 is 16.7. The van der Waals surface area contributed by atoms with Crippen LogP contribution >= 0.6 is 0 Å². The lowest BCUT2D eigenvalue weighted by atomic mass is 10.0. The molecular formula is C23H26N6O4. The van der Waals surface area contributed by atoms with E-state index in [4.69, 9.17) is 14.0 Å². The Bertz CT molecular complexity index is 1180. The molecule has 3 aromatic heterocycles. The topological polar surface area (TPSA) is 115 Å². The highest BCUT2D eigenvalue weighted by atomic mass is 16.5. The van der Waals surface area contributed by atoms with Gasteiger partial charge in [-0.2, -0.15) is 0 Å². The minimum atomic E-state index is -0.371. The molecule has 0 aromatic carbocycles. The summed E-state index contributed by atoms with van der Waals surface area (Å²) in [6.07, 6.45) is 5.21. The third-order valence-electron chi connectivity index (χ3n) is 6.06. The number of hydrogen-bond acceptors (Lipinski definition) is 9. The molecule has 10 heteroatoms. The zero-order valence-corrected chi connectivity index (χ0v) is 18.8. The van der Waals surface area contributed by atoms with E-state index in [-0.39, 0.29) is 18.2 Å². The van der Waals surface area contributed by atoms with Crippen molar-refractivity contribution in [3.8, 4) is 17.1 Å². The van der Waals surface area contributed by atoms with Crippen LogP contribution in [0, 0.1) is 13.8 Å². The molecule has 5 heterocycles. The lowest BCUT2D eigenvalue weighted by Gasteiger charge is -2.31. The fraction of sp³-hybridized carbons (Fsp3) is 0.391. The van der Waals surface area contributed by atoms with Gasteiger partial charge in [-0.15, -0.1) is 0 Å². The first kappa shape index (κ1) is 21.4. The van der Waals surface area contributed by atoms with E-state index in [0.29, 0.717) is 36.9 Å². The molecule has 0 bridgehead atoms. The van der Waals surface area contributed by atoms with Crippen molar-refractivity contribution < 1.29 is 18.8 Å². The molecule has 2 aliphatic heterocycles. The first-order chi connectivity index (χ1) is 16.0. The third-order valence-corrected chi connectivity index (χ3v) is 6.06. The second-order valence-electron chi connectivity index (χ2n) is 8.22. The van der Waals surface area contributed by atoms with Gasteiger partial charge < -0.3 is 24.2 Å². The van der Waals surface area contributed by atoms with Crippen LogP contribution in [0.15, 0.2) is 35.3 Å². The number of aromatic nitrogens is 3. The number of carbonyl (C=O) groups is 1. The molecule has 0 saturated carbocycles. The zero-order valence-electron chi connectivity index (χ0n) is 18.8. The summed E-state index contributed by atoms with van der Waals surface area (Å²) in [4.78, 5) is 23.6. The van der Waals surface area contributed by atoms with E-state index in [2.05, 4.69) is 25.8 Å². The highest BCUT2D eigenvalue weighted by molar-refractivity contribution is 5.95. The van der Waals surface area contributed by atoms with E-state index in [9.17, 15) is 4.79 Å². The minimum absolute atomic E-state index is 0.0827. The molecule has 2 atom stereocenters. The lowest BCUT2D eigenvalue weighted by Crippen LogP contribution is -2.38. The van der Waals surface area contributed by atoms with Gasteiger partial charge in [0.05, 0.1) is 31.3 Å². The van der Waals surface area contributed by atoms with Crippen LogP contribution in [0.2, 0.25) is 0 Å². The fourth-order valence-electron chi connectivity index (χ4n) is 4.37. The number of rotatable bonds is 5. The number of fused-ring (bicyclic) bond motifs is 1. The van der Waals surface area contributed by atoms with Crippen LogP contribution in [0.3, 0.4) is 0 Å². The summed E-state index contributed by atoms with van der Waals surface area (Å²) >= 11 is 0. The highest BCUT2D eigenvalue weighted by Gasteiger charge is 2.33. The second-order valence-corrected chi connectivity index (χ2v) is 8.22. The summed E-state index contributed by atoms with van der Waals surface area (Å²) in [5.74, 6) is 0.507. The number of likely N-dealkylation sites (tertiary alicyclic amines) is 1. The Morgan fingerprint density at radius 1 is 1.30 bits per heavy atom. The summed E-state index contributed by atoms with van der Waals surface area (Å²) in [5.41, 5.74) is 5.58. The smallest absolute Gasteiger partial charge is 0.259 e. The predicted octanol–water partition coefficient (Wildman–Crippen LogP) is 2.66. The molecule has 0 radical (unpaired) electrons. The normalized spacial score (nSPS) is 19.8. The van der Waals surface area contributed by atoms with Crippen LogP contribution in [-0.4, -0.2) is 58.9 Å². The van der Waals surface area contributed by atoms with Gasteiger partial charge in [0.25, 0.3) is 5.91 Å². The number of methoxy groups -OCH3 is 1. The number of nitrogens with one attached hydrogen (secondary N) is 2. The van der Waals surface area contributed by atoms with Gasteiger partial charge in [-0.05, 0) is 32.4 Å². The molecule has 2 unspecified atom stereocenters. The number of ether oxygens (including phenoxy) is 2. The average molecular weight is 450 g/mol. The standard InChI is InChI=1S/C23H26N6O4/c1-13-8-15(9-25-21(13)31-3)20-19-18(4-6-24-20)26-12-27-22(19)33-16-5-7-29(10-16)23(30)17-11-32-28-14(17)2/h4,6,8-9,11,16,22,26-27H,5,7,10,12H2,1-3H3. The number of nitrogens with zero attached hydrogens (tertiary/aromatic N) is 4. The SMILES string of the molecule is COc1ncc(-c2nccc3c2C(OC2CCN(C(=O)c4conc4C)C2)NCN3)cc1C. The quantitative estimate of drug-likeness (QED) is 0.605. The molecule has 1 amide bonds. The van der Waals surface area contributed by atoms with Crippen LogP contribution in [-0.2, 0) is 4.74 Å². The van der Waals surface area contributed by atoms with E-state index in [1.54, 1.807) is 31.3 Å². The van der Waals surface area contributed by atoms with Crippen molar-refractivity contribution in [2.45, 2.75) is 32.6 Å². The van der Waals surface area contributed by atoms with Crippen molar-refractivity contribution in [3.05, 3.63) is 53.2 Å². The summed E-state index contributed by atoms with van der Waals surface area (Å²) in [6, 6.07) is 3.95. The maximum atomic E-state index is 12.8. The van der Waals surface area contributed by atoms with Gasteiger partial charge in [0.15, 0.2) is 0 Å². The van der Waals surface area contributed by atoms with E-state index >= 15 is 0 Å². The molecule has 172 valence electrons. The van der Waals surface area contributed by atoms with Gasteiger partial charge in [-0.1, -0.05) is 5.16 Å². The Hall–Kier alpha value is -3.50. The number of anilines is 1. The monoisotopic (exact) mass is 450 g/mol. The Morgan fingerprint density at radius 2 is 2.18 bits per heavy atom. The molecular weight excluding hydrogens is 424 g/mol. The van der Waals surface area contributed by atoms with Crippen molar-refractivity contribution in [1.29, 1.82) is 0 Å². The van der Waals surface area contributed by atoms with E-state index in [1.807, 2.05) is 19.1 Å². The maximum Gasteiger partial charge on any atom is 0.259 e. The summed E-state index contributed by atoms with van der Waals surface area (Å²) in [7, 11) is 1.61. The molecule has 0 spiro atoms. The molecule has 3 aromatic rings. The molecule has 2 aliphatic rings. The Morgan fingerprint density at radius 3 is 2.94 bits per heavy atom. The van der Waals surface area contributed by atoms with Crippen molar-refractivity contribution in [1.82, 2.24) is 25.3 Å². The van der Waals surface area contributed by atoms with Gasteiger partial charge in [0.2, 0.25) is 5.88 Å². The Labute approximate surface area is 191 Å². The Balaban J connectivity index is 1.37. The van der Waals surface area contributed by atoms with Crippen molar-refractivity contribution in [3.63, 3.8) is 0 Å². The highest BCUT2D eigenvalue weighted by Crippen LogP contribution is 2.37. The molecule has 33 heavy (non-hydrogen) atoms. The minimum Gasteiger partial charge on any atom is -0.481 e. The van der Waals surface area contributed by atoms with E-state index in [1.165, 1.54) is 6.26 Å². The molecule has 1 fully saturated rings. The molecule has 1 saturated heterocycles. The fourth-order valence-corrected chi connectivity index (χ4v) is 4.37. The van der Waals surface area contributed by atoms with Crippen LogP contribution in [0.4, 0.5) is 5.69 Å². The van der Waals surface area contributed by atoms with Gasteiger partial charge in [-0.3, -0.25) is 15.1 Å². The molecule has 2 N–H and O–H groups in total. The maximum absolute atomic E-state index is 12.8. The first-order valence-electron chi connectivity index (χ1n) is 10.9. The first-order valence-corrected chi connectivity index (χ1v) is 10.9. The van der Waals surface area contributed by atoms with Gasteiger partial charge in [-0.25, -0.2) is 4.98 Å². The predicted molar refractivity (Wildman–Crippen MR) is 120 cm³/mol. The Kier molecular flexibility index (Phi) is 5.69.